The molecule has 0 aromatic rings. The molecule has 3 rings (SSSR count). The van der Waals surface area contributed by atoms with E-state index in [2.05, 4.69) is 16.7 Å². The largest absolute Gasteiger partial charge is 0.381 e. The highest BCUT2D eigenvalue weighted by Gasteiger charge is 2.40. The maximum absolute atomic E-state index is 12.8. The molecule has 0 aromatic heterocycles. The van der Waals surface area contributed by atoms with Crippen molar-refractivity contribution in [3.05, 3.63) is 0 Å². The average molecular weight is 308 g/mol. The molecule has 3 aliphatic rings. The first-order valence-corrected chi connectivity index (χ1v) is 9.19. The Bertz CT molecular complexity index is 379. The summed E-state index contributed by atoms with van der Waals surface area (Å²) in [7, 11) is 2.04. The standard InChI is InChI=1S/C18H32N2O2/c1-18(9-3-4-10-18)17(21)19(2)15-5-11-20(12-6-15)16-7-13-22-14-8-16/h15-16H,3-14H2,1-2H3. The van der Waals surface area contributed by atoms with E-state index in [0.717, 1.165) is 52.0 Å². The molecule has 2 heterocycles. The van der Waals surface area contributed by atoms with E-state index in [0.29, 0.717) is 18.0 Å². The Balaban J connectivity index is 1.51. The highest BCUT2D eigenvalue weighted by atomic mass is 16.5. The summed E-state index contributed by atoms with van der Waals surface area (Å²) in [6.07, 6.45) is 9.23. The van der Waals surface area contributed by atoms with Crippen LogP contribution in [0.1, 0.15) is 58.3 Å². The van der Waals surface area contributed by atoms with Gasteiger partial charge < -0.3 is 14.5 Å². The second kappa shape index (κ2) is 6.88. The number of nitrogens with zero attached hydrogens (tertiary/aromatic N) is 2. The summed E-state index contributed by atoms with van der Waals surface area (Å²) >= 11 is 0. The molecule has 4 nitrogen and oxygen atoms in total. The Labute approximate surface area is 135 Å². The Kier molecular flexibility index (Phi) is 5.08. The molecule has 0 spiro atoms. The quantitative estimate of drug-likeness (QED) is 0.803. The van der Waals surface area contributed by atoms with Crippen LogP contribution in [0.25, 0.3) is 0 Å². The van der Waals surface area contributed by atoms with E-state index >= 15 is 0 Å². The number of hydrogen-bond donors (Lipinski definition) is 0. The van der Waals surface area contributed by atoms with E-state index in [9.17, 15) is 4.79 Å². The number of likely N-dealkylation sites (tertiary alicyclic amines) is 1. The molecule has 1 amide bonds. The third-order valence-corrected chi connectivity index (χ3v) is 6.30. The van der Waals surface area contributed by atoms with Gasteiger partial charge in [0.1, 0.15) is 0 Å². The van der Waals surface area contributed by atoms with Gasteiger partial charge in [-0.1, -0.05) is 19.8 Å². The molecule has 4 heteroatoms. The van der Waals surface area contributed by atoms with Crippen molar-refractivity contribution in [1.82, 2.24) is 9.80 Å². The molecule has 0 aromatic carbocycles. The average Bonchev–Trinajstić information content (AvgIpc) is 3.02. The fourth-order valence-electron chi connectivity index (χ4n) is 4.65. The number of ether oxygens (including phenoxy) is 1. The van der Waals surface area contributed by atoms with Gasteiger partial charge in [-0.3, -0.25) is 4.79 Å². The molecule has 2 aliphatic heterocycles. The third kappa shape index (κ3) is 3.33. The van der Waals surface area contributed by atoms with Crippen molar-refractivity contribution >= 4 is 5.91 Å². The number of piperidine rings is 1. The van der Waals surface area contributed by atoms with Gasteiger partial charge in [-0.05, 0) is 38.5 Å². The van der Waals surface area contributed by atoms with Gasteiger partial charge in [-0.15, -0.1) is 0 Å². The van der Waals surface area contributed by atoms with Crippen LogP contribution in [0.15, 0.2) is 0 Å². The molecular formula is C18H32N2O2. The van der Waals surface area contributed by atoms with Gasteiger partial charge >= 0.3 is 0 Å². The third-order valence-electron chi connectivity index (χ3n) is 6.30. The molecule has 1 aliphatic carbocycles. The van der Waals surface area contributed by atoms with Gasteiger partial charge in [0.25, 0.3) is 0 Å². The van der Waals surface area contributed by atoms with Crippen LogP contribution in [0.3, 0.4) is 0 Å². The Hall–Kier alpha value is -0.610. The topological polar surface area (TPSA) is 32.8 Å². The minimum Gasteiger partial charge on any atom is -0.381 e. The van der Waals surface area contributed by atoms with Gasteiger partial charge in [0.15, 0.2) is 0 Å². The molecule has 0 bridgehead atoms. The second-order valence-corrected chi connectivity index (χ2v) is 7.79. The molecular weight excluding hydrogens is 276 g/mol. The second-order valence-electron chi connectivity index (χ2n) is 7.79. The van der Waals surface area contributed by atoms with Crippen LogP contribution in [-0.2, 0) is 9.53 Å². The molecule has 126 valence electrons. The highest BCUT2D eigenvalue weighted by molar-refractivity contribution is 5.82. The van der Waals surface area contributed by atoms with Crippen LogP contribution in [0.4, 0.5) is 0 Å². The first kappa shape index (κ1) is 16.3. The lowest BCUT2D eigenvalue weighted by atomic mass is 9.86. The SMILES string of the molecule is CN(C(=O)C1(C)CCCC1)C1CCN(C2CCOCC2)CC1. The summed E-state index contributed by atoms with van der Waals surface area (Å²) in [4.78, 5) is 17.6. The van der Waals surface area contributed by atoms with Gasteiger partial charge in [-0.25, -0.2) is 0 Å². The number of carbonyl (C=O) groups is 1. The summed E-state index contributed by atoms with van der Waals surface area (Å²) in [6, 6.07) is 1.16. The van der Waals surface area contributed by atoms with E-state index in [-0.39, 0.29) is 5.41 Å². The number of hydrogen-bond acceptors (Lipinski definition) is 3. The van der Waals surface area contributed by atoms with Crippen LogP contribution >= 0.6 is 0 Å². The van der Waals surface area contributed by atoms with Crippen molar-refractivity contribution in [3.8, 4) is 0 Å². The fraction of sp³-hybridized carbons (Fsp3) is 0.944. The maximum Gasteiger partial charge on any atom is 0.228 e. The molecule has 2 saturated heterocycles. The maximum atomic E-state index is 12.8. The Morgan fingerprint density at radius 2 is 1.68 bits per heavy atom. The van der Waals surface area contributed by atoms with E-state index in [4.69, 9.17) is 4.74 Å². The van der Waals surface area contributed by atoms with Crippen molar-refractivity contribution in [2.24, 2.45) is 5.41 Å². The summed E-state index contributed by atoms with van der Waals surface area (Å²) < 4.78 is 5.47. The lowest BCUT2D eigenvalue weighted by Gasteiger charge is -2.43. The van der Waals surface area contributed by atoms with Crippen molar-refractivity contribution < 1.29 is 9.53 Å². The van der Waals surface area contributed by atoms with Crippen LogP contribution in [0.5, 0.6) is 0 Å². The summed E-state index contributed by atoms with van der Waals surface area (Å²) in [5, 5.41) is 0. The van der Waals surface area contributed by atoms with Gasteiger partial charge in [0, 0.05) is 50.8 Å². The first-order chi connectivity index (χ1) is 10.6. The zero-order valence-corrected chi connectivity index (χ0v) is 14.4. The number of carbonyl (C=O) groups excluding carboxylic acids is 1. The highest BCUT2D eigenvalue weighted by Crippen LogP contribution is 2.39. The van der Waals surface area contributed by atoms with Crippen molar-refractivity contribution in [2.75, 3.05) is 33.4 Å². The van der Waals surface area contributed by atoms with Crippen molar-refractivity contribution in [2.45, 2.75) is 70.4 Å². The lowest BCUT2D eigenvalue weighted by Crippen LogP contribution is -2.51. The first-order valence-electron chi connectivity index (χ1n) is 9.19. The molecule has 1 saturated carbocycles. The van der Waals surface area contributed by atoms with E-state index in [1.807, 2.05) is 7.05 Å². The zero-order valence-electron chi connectivity index (χ0n) is 14.4. The normalized spacial score (nSPS) is 27.9. The summed E-state index contributed by atoms with van der Waals surface area (Å²) in [5.41, 5.74) is -0.0768. The molecule has 3 fully saturated rings. The molecule has 0 radical (unpaired) electrons. The van der Waals surface area contributed by atoms with Gasteiger partial charge in [0.05, 0.1) is 0 Å². The molecule has 0 atom stereocenters. The predicted molar refractivity (Wildman–Crippen MR) is 87.8 cm³/mol. The Morgan fingerprint density at radius 1 is 1.09 bits per heavy atom. The van der Waals surface area contributed by atoms with Crippen LogP contribution in [0, 0.1) is 5.41 Å². The minimum atomic E-state index is -0.0768. The molecule has 0 N–H and O–H groups in total. The lowest BCUT2D eigenvalue weighted by molar-refractivity contribution is -0.142. The monoisotopic (exact) mass is 308 g/mol. The van der Waals surface area contributed by atoms with Crippen molar-refractivity contribution in [1.29, 1.82) is 0 Å². The van der Waals surface area contributed by atoms with Gasteiger partial charge in [0.2, 0.25) is 5.91 Å². The van der Waals surface area contributed by atoms with E-state index in [1.54, 1.807) is 0 Å². The van der Waals surface area contributed by atoms with Gasteiger partial charge in [-0.2, -0.15) is 0 Å². The summed E-state index contributed by atoms with van der Waals surface area (Å²) in [6.45, 7) is 6.30. The Morgan fingerprint density at radius 3 is 2.27 bits per heavy atom. The predicted octanol–water partition coefficient (Wildman–Crippen LogP) is 2.67. The molecule has 0 unspecified atom stereocenters. The van der Waals surface area contributed by atoms with E-state index in [1.165, 1.54) is 25.7 Å². The van der Waals surface area contributed by atoms with Crippen LogP contribution < -0.4 is 0 Å². The number of rotatable bonds is 3. The van der Waals surface area contributed by atoms with Crippen LogP contribution in [0.2, 0.25) is 0 Å². The van der Waals surface area contributed by atoms with E-state index < -0.39 is 0 Å². The smallest absolute Gasteiger partial charge is 0.228 e. The fourth-order valence-corrected chi connectivity index (χ4v) is 4.65. The van der Waals surface area contributed by atoms with Crippen LogP contribution in [-0.4, -0.2) is 61.1 Å². The number of amides is 1. The zero-order chi connectivity index (χ0) is 15.6. The molecule has 22 heavy (non-hydrogen) atoms. The minimum absolute atomic E-state index is 0.0768. The van der Waals surface area contributed by atoms with Crippen molar-refractivity contribution in [3.63, 3.8) is 0 Å². The summed E-state index contributed by atoms with van der Waals surface area (Å²) in [5.74, 6) is 0.398.